The van der Waals surface area contributed by atoms with E-state index in [0.717, 1.165) is 27.6 Å². The number of ether oxygens (including phenoxy) is 3. The number of carboxylic acid groups (broad SMARTS) is 1. The van der Waals surface area contributed by atoms with Crippen LogP contribution in [0.5, 0.6) is 11.5 Å². The Bertz CT molecular complexity index is 1660. The van der Waals surface area contributed by atoms with Crippen LogP contribution in [0, 0.1) is 0 Å². The number of fused-ring (bicyclic) bond motifs is 1. The number of methoxy groups -OCH3 is 1. The Balaban J connectivity index is 1.57. The Morgan fingerprint density at radius 1 is 0.786 bits per heavy atom. The topological polar surface area (TPSA) is 69.9 Å². The highest BCUT2D eigenvalue weighted by atomic mass is 16.5. The fourth-order valence-corrected chi connectivity index (χ4v) is 5.17. The summed E-state index contributed by atoms with van der Waals surface area (Å²) in [6.07, 6.45) is 0. The number of hydrogen-bond donors (Lipinski definition) is 1. The molecule has 0 bridgehead atoms. The summed E-state index contributed by atoms with van der Waals surface area (Å²) in [5.74, 6) is 0.309. The Morgan fingerprint density at radius 2 is 1.45 bits per heavy atom. The lowest BCUT2D eigenvalue weighted by Crippen LogP contribution is -2.12. The first kappa shape index (κ1) is 29.0. The molecule has 4 aromatic carbocycles. The second-order valence-corrected chi connectivity index (χ2v) is 11.4. The number of hydrogen-bond acceptors (Lipinski definition) is 4. The van der Waals surface area contributed by atoms with Crippen LogP contribution in [0.3, 0.4) is 0 Å². The van der Waals surface area contributed by atoms with Gasteiger partial charge in [0, 0.05) is 36.2 Å². The lowest BCUT2D eigenvalue weighted by atomic mass is 9.86. The molecule has 0 fully saturated rings. The van der Waals surface area contributed by atoms with Crippen LogP contribution in [0.25, 0.3) is 22.0 Å². The van der Waals surface area contributed by atoms with E-state index in [1.165, 1.54) is 5.56 Å². The van der Waals surface area contributed by atoms with Crippen molar-refractivity contribution in [1.82, 2.24) is 4.57 Å². The first-order valence-corrected chi connectivity index (χ1v) is 14.1. The maximum absolute atomic E-state index is 12.9. The van der Waals surface area contributed by atoms with Gasteiger partial charge in [-0.25, -0.2) is 4.79 Å². The van der Waals surface area contributed by atoms with Gasteiger partial charge in [0.05, 0.1) is 6.61 Å². The van der Waals surface area contributed by atoms with E-state index in [4.69, 9.17) is 14.2 Å². The van der Waals surface area contributed by atoms with E-state index >= 15 is 0 Å². The zero-order valence-electron chi connectivity index (χ0n) is 24.6. The Hall–Kier alpha value is -4.55. The molecule has 0 radical (unpaired) electrons. The highest BCUT2D eigenvalue weighted by molar-refractivity contribution is 6.08. The predicted molar refractivity (Wildman–Crippen MR) is 167 cm³/mol. The summed E-state index contributed by atoms with van der Waals surface area (Å²) in [7, 11) is 1.63. The number of aromatic nitrogens is 1. The maximum atomic E-state index is 12.9. The molecule has 0 saturated carbocycles. The van der Waals surface area contributed by atoms with E-state index in [1.54, 1.807) is 7.11 Å². The molecule has 6 heteroatoms. The Labute approximate surface area is 247 Å². The van der Waals surface area contributed by atoms with Gasteiger partial charge in [0.25, 0.3) is 0 Å². The van der Waals surface area contributed by atoms with Crippen LogP contribution in [0.15, 0.2) is 97.1 Å². The van der Waals surface area contributed by atoms with Crippen molar-refractivity contribution in [2.75, 3.05) is 20.3 Å². The number of aromatic carboxylic acids is 1. The molecule has 1 aromatic heterocycles. The van der Waals surface area contributed by atoms with Gasteiger partial charge in [-0.3, -0.25) is 0 Å². The molecule has 0 aliphatic carbocycles. The van der Waals surface area contributed by atoms with E-state index in [1.807, 2.05) is 89.5 Å². The SMILES string of the molecule is COCCOc1cc(Cn2c(C(=O)O)c(-c3ccc(C(C)(C)C)cc3)c3ccccc32)cc(OCc2ccccc2)c1. The molecule has 42 heavy (non-hydrogen) atoms. The minimum absolute atomic E-state index is 0.00120. The van der Waals surface area contributed by atoms with E-state index in [0.29, 0.717) is 43.4 Å². The van der Waals surface area contributed by atoms with Crippen LogP contribution >= 0.6 is 0 Å². The molecule has 6 nitrogen and oxygen atoms in total. The summed E-state index contributed by atoms with van der Waals surface area (Å²) in [4.78, 5) is 12.9. The molecule has 216 valence electrons. The van der Waals surface area contributed by atoms with Crippen molar-refractivity contribution >= 4 is 16.9 Å². The van der Waals surface area contributed by atoms with Crippen molar-refractivity contribution in [1.29, 1.82) is 0 Å². The first-order valence-electron chi connectivity index (χ1n) is 14.1. The minimum Gasteiger partial charge on any atom is -0.491 e. The van der Waals surface area contributed by atoms with E-state index in [2.05, 4.69) is 32.9 Å². The largest absolute Gasteiger partial charge is 0.491 e. The third-order valence-corrected chi connectivity index (χ3v) is 7.30. The molecule has 1 N–H and O–H groups in total. The number of para-hydroxylation sites is 1. The number of carboxylic acids is 1. The van der Waals surface area contributed by atoms with E-state index in [9.17, 15) is 9.90 Å². The standard InChI is InChI=1S/C36H37NO5/c1-36(2,3)28-16-14-27(15-17-28)33-31-12-8-9-13-32(31)37(34(33)35(38)39)23-26-20-29(41-19-18-40-4)22-30(21-26)42-24-25-10-6-5-7-11-25/h5-17,20-22H,18-19,23-24H2,1-4H3,(H,38,39). The van der Waals surface area contributed by atoms with E-state index in [-0.39, 0.29) is 11.1 Å². The van der Waals surface area contributed by atoms with Gasteiger partial charge in [0.1, 0.15) is 30.4 Å². The average molecular weight is 564 g/mol. The van der Waals surface area contributed by atoms with Crippen molar-refractivity contribution < 1.29 is 24.1 Å². The molecule has 5 aromatic rings. The number of nitrogens with zero attached hydrogens (tertiary/aromatic N) is 1. The average Bonchev–Trinajstić information content (AvgIpc) is 3.30. The molecule has 0 atom stereocenters. The molecule has 0 saturated heterocycles. The third-order valence-electron chi connectivity index (χ3n) is 7.30. The zero-order chi connectivity index (χ0) is 29.7. The first-order chi connectivity index (χ1) is 20.2. The number of carbonyl (C=O) groups is 1. The summed E-state index contributed by atoms with van der Waals surface area (Å²) in [6, 6.07) is 31.8. The lowest BCUT2D eigenvalue weighted by molar-refractivity contribution is 0.0687. The third kappa shape index (κ3) is 6.50. The Morgan fingerprint density at radius 3 is 2.12 bits per heavy atom. The molecule has 0 unspecified atom stereocenters. The fourth-order valence-electron chi connectivity index (χ4n) is 5.17. The predicted octanol–water partition coefficient (Wildman–Crippen LogP) is 7.96. The smallest absolute Gasteiger partial charge is 0.353 e. The van der Waals surface area contributed by atoms with Crippen molar-refractivity contribution in [2.24, 2.45) is 0 Å². The van der Waals surface area contributed by atoms with Gasteiger partial charge in [-0.2, -0.15) is 0 Å². The lowest BCUT2D eigenvalue weighted by Gasteiger charge is -2.19. The molecular formula is C36H37NO5. The number of rotatable bonds is 11. The molecule has 0 spiro atoms. The van der Waals surface area contributed by atoms with Crippen LogP contribution < -0.4 is 9.47 Å². The molecule has 5 rings (SSSR count). The zero-order valence-corrected chi connectivity index (χ0v) is 24.6. The van der Waals surface area contributed by atoms with Gasteiger partial charge in [0.15, 0.2) is 0 Å². The summed E-state index contributed by atoms with van der Waals surface area (Å²) < 4.78 is 19.2. The van der Waals surface area contributed by atoms with Gasteiger partial charge in [-0.1, -0.05) is 93.6 Å². The fraction of sp³-hybridized carbons (Fsp3) is 0.250. The Kier molecular flexibility index (Phi) is 8.64. The highest BCUT2D eigenvalue weighted by Crippen LogP contribution is 2.37. The molecular weight excluding hydrogens is 526 g/mol. The summed E-state index contributed by atoms with van der Waals surface area (Å²) in [6.45, 7) is 8.08. The van der Waals surface area contributed by atoms with Gasteiger partial charge in [-0.15, -0.1) is 0 Å². The summed E-state index contributed by atoms with van der Waals surface area (Å²) >= 11 is 0. The summed E-state index contributed by atoms with van der Waals surface area (Å²) in [5, 5.41) is 11.4. The quantitative estimate of drug-likeness (QED) is 0.165. The van der Waals surface area contributed by atoms with Gasteiger partial charge >= 0.3 is 5.97 Å². The maximum Gasteiger partial charge on any atom is 0.353 e. The van der Waals surface area contributed by atoms with Crippen molar-refractivity contribution in [3.8, 4) is 22.6 Å². The molecule has 1 heterocycles. The van der Waals surface area contributed by atoms with Gasteiger partial charge in [0.2, 0.25) is 0 Å². The van der Waals surface area contributed by atoms with Crippen LogP contribution in [0.2, 0.25) is 0 Å². The minimum atomic E-state index is -0.978. The molecule has 0 amide bonds. The second kappa shape index (κ2) is 12.5. The van der Waals surface area contributed by atoms with Gasteiger partial charge in [-0.05, 0) is 45.9 Å². The van der Waals surface area contributed by atoms with Crippen molar-refractivity contribution in [2.45, 2.75) is 39.3 Å². The van der Waals surface area contributed by atoms with Gasteiger partial charge < -0.3 is 23.9 Å². The van der Waals surface area contributed by atoms with Crippen LogP contribution in [0.4, 0.5) is 0 Å². The van der Waals surface area contributed by atoms with Crippen LogP contribution in [-0.4, -0.2) is 36.0 Å². The van der Waals surface area contributed by atoms with E-state index < -0.39 is 5.97 Å². The number of benzene rings is 4. The monoisotopic (exact) mass is 563 g/mol. The van der Waals surface area contributed by atoms with Crippen molar-refractivity contribution in [3.05, 3.63) is 119 Å². The molecule has 0 aliphatic heterocycles. The normalized spacial score (nSPS) is 11.5. The van der Waals surface area contributed by atoms with Crippen molar-refractivity contribution in [3.63, 3.8) is 0 Å². The van der Waals surface area contributed by atoms with Crippen LogP contribution in [-0.2, 0) is 23.3 Å². The van der Waals surface area contributed by atoms with Crippen LogP contribution in [0.1, 0.15) is 48.0 Å². The summed E-state index contributed by atoms with van der Waals surface area (Å²) in [5.41, 5.74) is 5.80. The highest BCUT2D eigenvalue weighted by Gasteiger charge is 2.24. The molecule has 0 aliphatic rings. The second-order valence-electron chi connectivity index (χ2n) is 11.4.